The van der Waals surface area contributed by atoms with Gasteiger partial charge in [0, 0.05) is 27.7 Å². The van der Waals surface area contributed by atoms with Crippen molar-refractivity contribution in [3.8, 4) is 33.4 Å². The number of hydrogen-bond donors (Lipinski definition) is 0. The third kappa shape index (κ3) is 4.39. The molecule has 0 heterocycles. The number of para-hydroxylation sites is 1. The minimum Gasteiger partial charge on any atom is -0.309 e. The predicted molar refractivity (Wildman–Crippen MR) is 205 cm³/mol. The van der Waals surface area contributed by atoms with Gasteiger partial charge in [-0.15, -0.1) is 0 Å². The van der Waals surface area contributed by atoms with Crippen LogP contribution in [0.5, 0.6) is 0 Å². The van der Waals surface area contributed by atoms with E-state index in [9.17, 15) is 0 Å². The molecule has 1 aliphatic carbocycles. The lowest BCUT2D eigenvalue weighted by Gasteiger charge is -2.32. The van der Waals surface area contributed by atoms with Crippen LogP contribution >= 0.6 is 0 Å². The molecule has 0 amide bonds. The van der Waals surface area contributed by atoms with Crippen molar-refractivity contribution in [1.29, 1.82) is 0 Å². The first-order valence-corrected chi connectivity index (χ1v) is 16.8. The summed E-state index contributed by atoms with van der Waals surface area (Å²) in [6.45, 7) is 4.72. The maximum atomic E-state index is 2.49. The lowest BCUT2D eigenvalue weighted by molar-refractivity contribution is 0.660. The number of nitrogens with zero attached hydrogens (tertiary/aromatic N) is 1. The number of hydrogen-bond acceptors (Lipinski definition) is 1. The zero-order chi connectivity index (χ0) is 32.2. The van der Waals surface area contributed by atoms with E-state index >= 15 is 0 Å². The molecule has 0 aliphatic heterocycles. The monoisotopic (exact) mass is 613 g/mol. The molecule has 1 heteroatoms. The van der Waals surface area contributed by atoms with Gasteiger partial charge in [-0.3, -0.25) is 0 Å². The Morgan fingerprint density at radius 1 is 0.375 bits per heavy atom. The molecular formula is C47H35N. The summed E-state index contributed by atoms with van der Waals surface area (Å²) in [5, 5.41) is 4.99. The SMILES string of the molecule is CC1(C)c2ccccc2-c2ccc(N(c3ccccc3)c3c(-c4ccc(-c5ccccc5)cc4)c4ccccc4c4ccccc34)cc21. The Bertz CT molecular complexity index is 2460. The van der Waals surface area contributed by atoms with Gasteiger partial charge in [0.15, 0.2) is 0 Å². The topological polar surface area (TPSA) is 3.24 Å². The molecule has 9 rings (SSSR count). The summed E-state index contributed by atoms with van der Waals surface area (Å²) in [6.07, 6.45) is 0. The molecule has 8 aromatic carbocycles. The molecule has 0 saturated heterocycles. The van der Waals surface area contributed by atoms with Crippen molar-refractivity contribution >= 4 is 38.6 Å². The second-order valence-electron chi connectivity index (χ2n) is 13.3. The van der Waals surface area contributed by atoms with E-state index in [-0.39, 0.29) is 5.41 Å². The minimum absolute atomic E-state index is 0.105. The number of benzene rings is 8. The molecule has 48 heavy (non-hydrogen) atoms. The van der Waals surface area contributed by atoms with Gasteiger partial charge in [0.2, 0.25) is 0 Å². The van der Waals surface area contributed by atoms with Crippen LogP contribution in [0.3, 0.4) is 0 Å². The summed E-state index contributed by atoms with van der Waals surface area (Å²) >= 11 is 0. The van der Waals surface area contributed by atoms with Crippen LogP contribution in [0, 0.1) is 0 Å². The lowest BCUT2D eigenvalue weighted by Crippen LogP contribution is -2.17. The van der Waals surface area contributed by atoms with Crippen LogP contribution in [-0.4, -0.2) is 0 Å². The fourth-order valence-electron chi connectivity index (χ4n) is 7.92. The highest BCUT2D eigenvalue weighted by Gasteiger charge is 2.36. The van der Waals surface area contributed by atoms with Gasteiger partial charge in [0.05, 0.1) is 5.69 Å². The van der Waals surface area contributed by atoms with Crippen LogP contribution in [0.1, 0.15) is 25.0 Å². The molecule has 0 fully saturated rings. The Balaban J connectivity index is 1.35. The number of fused-ring (bicyclic) bond motifs is 6. The molecule has 0 saturated carbocycles. The van der Waals surface area contributed by atoms with Crippen LogP contribution in [-0.2, 0) is 5.41 Å². The maximum absolute atomic E-state index is 2.49. The number of rotatable bonds is 5. The molecule has 0 bridgehead atoms. The quantitative estimate of drug-likeness (QED) is 0.175. The summed E-state index contributed by atoms with van der Waals surface area (Å²) in [4.78, 5) is 2.49. The van der Waals surface area contributed by atoms with Gasteiger partial charge in [-0.1, -0.05) is 166 Å². The van der Waals surface area contributed by atoms with E-state index < -0.39 is 0 Å². The Labute approximate surface area is 282 Å². The van der Waals surface area contributed by atoms with E-state index in [1.54, 1.807) is 0 Å². The highest BCUT2D eigenvalue weighted by molar-refractivity contribution is 6.22. The molecule has 0 N–H and O–H groups in total. The molecule has 0 radical (unpaired) electrons. The highest BCUT2D eigenvalue weighted by Crippen LogP contribution is 2.53. The molecule has 1 aliphatic rings. The molecular weight excluding hydrogens is 579 g/mol. The zero-order valence-corrected chi connectivity index (χ0v) is 27.2. The highest BCUT2D eigenvalue weighted by atomic mass is 15.1. The fraction of sp³-hybridized carbons (Fsp3) is 0.0638. The molecule has 0 spiro atoms. The maximum Gasteiger partial charge on any atom is 0.0624 e. The molecule has 0 atom stereocenters. The van der Waals surface area contributed by atoms with Crippen molar-refractivity contribution in [2.75, 3.05) is 4.90 Å². The molecule has 1 nitrogen and oxygen atoms in total. The van der Waals surface area contributed by atoms with Gasteiger partial charge in [-0.2, -0.15) is 0 Å². The largest absolute Gasteiger partial charge is 0.309 e. The van der Waals surface area contributed by atoms with E-state index in [0.29, 0.717) is 0 Å². The van der Waals surface area contributed by atoms with Crippen molar-refractivity contribution in [2.24, 2.45) is 0 Å². The summed E-state index contributed by atoms with van der Waals surface area (Å²) in [5.41, 5.74) is 13.7. The minimum atomic E-state index is -0.105. The Morgan fingerprint density at radius 2 is 0.896 bits per heavy atom. The standard InChI is InChI=1S/C47H35N/c1-47(2)43-24-14-13-21-39(43)40-30-29-36(31-44(40)47)48(35-17-7-4-8-18-35)46-42-23-12-10-20-38(42)37-19-9-11-22-41(37)45(46)34-27-25-33(26-28-34)32-15-5-3-6-16-32/h3-31H,1-2H3. The molecule has 8 aromatic rings. The van der Waals surface area contributed by atoms with Crippen molar-refractivity contribution in [3.05, 3.63) is 187 Å². The van der Waals surface area contributed by atoms with Gasteiger partial charge < -0.3 is 4.90 Å². The van der Waals surface area contributed by atoms with Crippen molar-refractivity contribution < 1.29 is 0 Å². The Morgan fingerprint density at radius 3 is 1.62 bits per heavy atom. The normalized spacial score (nSPS) is 13.0. The first-order chi connectivity index (χ1) is 23.6. The second kappa shape index (κ2) is 11.1. The second-order valence-corrected chi connectivity index (χ2v) is 13.3. The van der Waals surface area contributed by atoms with E-state index in [1.165, 1.54) is 71.7 Å². The van der Waals surface area contributed by atoms with Gasteiger partial charge in [0.25, 0.3) is 0 Å². The van der Waals surface area contributed by atoms with E-state index in [0.717, 1.165) is 11.4 Å². The van der Waals surface area contributed by atoms with Gasteiger partial charge >= 0.3 is 0 Å². The van der Waals surface area contributed by atoms with Crippen LogP contribution in [0.4, 0.5) is 17.1 Å². The van der Waals surface area contributed by atoms with Gasteiger partial charge in [-0.05, 0) is 79.4 Å². The Hall–Kier alpha value is -5.92. The Kier molecular flexibility index (Phi) is 6.55. The van der Waals surface area contributed by atoms with Crippen molar-refractivity contribution in [2.45, 2.75) is 19.3 Å². The first kappa shape index (κ1) is 28.3. The average Bonchev–Trinajstić information content (AvgIpc) is 3.38. The molecule has 0 unspecified atom stereocenters. The summed E-state index contributed by atoms with van der Waals surface area (Å²) in [6, 6.07) is 64.4. The van der Waals surface area contributed by atoms with E-state index in [2.05, 4.69) is 195 Å². The van der Waals surface area contributed by atoms with E-state index in [1.807, 2.05) is 0 Å². The van der Waals surface area contributed by atoms with Crippen LogP contribution in [0.15, 0.2) is 176 Å². The smallest absolute Gasteiger partial charge is 0.0624 e. The van der Waals surface area contributed by atoms with Crippen LogP contribution in [0.25, 0.3) is 54.9 Å². The average molecular weight is 614 g/mol. The molecule has 228 valence electrons. The van der Waals surface area contributed by atoms with Crippen molar-refractivity contribution in [3.63, 3.8) is 0 Å². The third-order valence-corrected chi connectivity index (χ3v) is 10.2. The fourth-order valence-corrected chi connectivity index (χ4v) is 7.92. The third-order valence-electron chi connectivity index (χ3n) is 10.2. The van der Waals surface area contributed by atoms with Crippen molar-refractivity contribution in [1.82, 2.24) is 0 Å². The summed E-state index contributed by atoms with van der Waals surface area (Å²) in [7, 11) is 0. The first-order valence-electron chi connectivity index (χ1n) is 16.8. The predicted octanol–water partition coefficient (Wildman–Crippen LogP) is 13.1. The van der Waals surface area contributed by atoms with Gasteiger partial charge in [-0.25, -0.2) is 0 Å². The van der Waals surface area contributed by atoms with E-state index in [4.69, 9.17) is 0 Å². The lowest BCUT2D eigenvalue weighted by atomic mass is 9.82. The zero-order valence-electron chi connectivity index (χ0n) is 27.2. The van der Waals surface area contributed by atoms with Gasteiger partial charge in [0.1, 0.15) is 0 Å². The summed E-state index contributed by atoms with van der Waals surface area (Å²) in [5.74, 6) is 0. The summed E-state index contributed by atoms with van der Waals surface area (Å²) < 4.78 is 0. The van der Waals surface area contributed by atoms with Crippen LogP contribution in [0.2, 0.25) is 0 Å². The van der Waals surface area contributed by atoms with Crippen LogP contribution < -0.4 is 4.90 Å². The number of anilines is 3. The molecule has 0 aromatic heterocycles.